The number of allylic oxidation sites excluding steroid dienone is 2. The molecule has 1 atom stereocenters. The van der Waals surface area contributed by atoms with Gasteiger partial charge in [0.1, 0.15) is 13.2 Å². The third-order valence-corrected chi connectivity index (χ3v) is 15.0. The van der Waals surface area contributed by atoms with E-state index in [1.54, 1.807) is 0 Å². The fraction of sp³-hybridized carbons (Fsp3) is 0.924. The molecular weight excluding hydrogens is 889 g/mol. The maximum absolute atomic E-state index is 12.9. The van der Waals surface area contributed by atoms with Gasteiger partial charge in [-0.05, 0) is 44.9 Å². The number of ether oxygens (including phenoxy) is 3. The number of esters is 3. The third kappa shape index (κ3) is 59.0. The molecule has 0 saturated carbocycles. The number of hydrogen-bond acceptors (Lipinski definition) is 6. The van der Waals surface area contributed by atoms with Gasteiger partial charge in [-0.2, -0.15) is 0 Å². The number of unbranched alkanes of at least 4 members (excludes halogenated alkanes) is 48. The van der Waals surface area contributed by atoms with Crippen molar-refractivity contribution in [1.82, 2.24) is 0 Å². The zero-order valence-electron chi connectivity index (χ0n) is 49.0. The summed E-state index contributed by atoms with van der Waals surface area (Å²) >= 11 is 0. The summed E-state index contributed by atoms with van der Waals surface area (Å²) in [5, 5.41) is 0. The second-order valence-electron chi connectivity index (χ2n) is 22.4. The van der Waals surface area contributed by atoms with Crippen LogP contribution in [0.2, 0.25) is 0 Å². The van der Waals surface area contributed by atoms with E-state index >= 15 is 0 Å². The molecule has 0 bridgehead atoms. The molecule has 0 amide bonds. The van der Waals surface area contributed by atoms with Crippen LogP contribution >= 0.6 is 0 Å². The summed E-state index contributed by atoms with van der Waals surface area (Å²) in [6, 6.07) is 0. The molecule has 0 aliphatic heterocycles. The normalized spacial score (nSPS) is 12.0. The van der Waals surface area contributed by atoms with E-state index < -0.39 is 6.10 Å². The molecule has 0 aromatic carbocycles. The standard InChI is InChI=1S/C66H126O6/c1-4-7-10-13-16-19-22-25-28-30-31-32-33-34-35-36-37-39-41-44-47-50-53-56-59-65(68)71-62-63(61-70-64(67)58-55-52-49-46-43-40-27-24-21-18-15-12-9-6-3)72-66(69)60-57-54-51-48-45-42-38-29-26-23-20-17-14-11-8-5-2/h29,38,63H,4-28,30-37,39-62H2,1-3H3/b38-29-. The maximum atomic E-state index is 12.9. The molecule has 0 radical (unpaired) electrons. The van der Waals surface area contributed by atoms with Gasteiger partial charge >= 0.3 is 17.9 Å². The van der Waals surface area contributed by atoms with E-state index in [0.29, 0.717) is 19.3 Å². The van der Waals surface area contributed by atoms with Crippen molar-refractivity contribution in [2.24, 2.45) is 0 Å². The molecule has 0 fully saturated rings. The summed E-state index contributed by atoms with van der Waals surface area (Å²) in [5.74, 6) is -0.845. The van der Waals surface area contributed by atoms with Crippen LogP contribution in [0.25, 0.3) is 0 Å². The second-order valence-corrected chi connectivity index (χ2v) is 22.4. The smallest absolute Gasteiger partial charge is 0.306 e. The lowest BCUT2D eigenvalue weighted by atomic mass is 10.0. The first kappa shape index (κ1) is 70.1. The largest absolute Gasteiger partial charge is 0.462 e. The van der Waals surface area contributed by atoms with Gasteiger partial charge in [-0.15, -0.1) is 0 Å². The van der Waals surface area contributed by atoms with Crippen LogP contribution in [0.3, 0.4) is 0 Å². The topological polar surface area (TPSA) is 78.9 Å². The van der Waals surface area contributed by atoms with E-state index in [2.05, 4.69) is 32.9 Å². The molecule has 0 rings (SSSR count). The van der Waals surface area contributed by atoms with Gasteiger partial charge in [-0.1, -0.05) is 322 Å². The van der Waals surface area contributed by atoms with Crippen LogP contribution in [0.15, 0.2) is 12.2 Å². The van der Waals surface area contributed by atoms with Crippen LogP contribution in [-0.4, -0.2) is 37.2 Å². The summed E-state index contributed by atoms with van der Waals surface area (Å²) in [6.45, 7) is 6.71. The molecule has 6 heteroatoms. The Hall–Kier alpha value is -1.85. The molecule has 426 valence electrons. The van der Waals surface area contributed by atoms with Gasteiger partial charge in [0.2, 0.25) is 0 Å². The fourth-order valence-electron chi connectivity index (χ4n) is 10.1. The van der Waals surface area contributed by atoms with E-state index in [1.165, 1.54) is 270 Å². The Bertz CT molecular complexity index is 1120. The Labute approximate surface area is 450 Å². The average molecular weight is 1020 g/mol. The van der Waals surface area contributed by atoms with Crippen molar-refractivity contribution in [3.05, 3.63) is 12.2 Å². The molecular formula is C66H126O6. The predicted molar refractivity (Wildman–Crippen MR) is 312 cm³/mol. The molecule has 0 N–H and O–H groups in total. The lowest BCUT2D eigenvalue weighted by Crippen LogP contribution is -2.30. The molecule has 0 spiro atoms. The van der Waals surface area contributed by atoms with E-state index in [1.807, 2.05) is 0 Å². The van der Waals surface area contributed by atoms with E-state index in [4.69, 9.17) is 14.2 Å². The Balaban J connectivity index is 4.23. The summed E-state index contributed by atoms with van der Waals surface area (Å²) < 4.78 is 16.9. The van der Waals surface area contributed by atoms with Gasteiger partial charge in [0, 0.05) is 19.3 Å². The lowest BCUT2D eigenvalue weighted by molar-refractivity contribution is -0.167. The molecule has 72 heavy (non-hydrogen) atoms. The van der Waals surface area contributed by atoms with Gasteiger partial charge < -0.3 is 14.2 Å². The number of hydrogen-bond donors (Lipinski definition) is 0. The summed E-state index contributed by atoms with van der Waals surface area (Å²) in [7, 11) is 0. The molecule has 1 unspecified atom stereocenters. The van der Waals surface area contributed by atoms with Crippen molar-refractivity contribution in [2.45, 2.75) is 380 Å². The minimum atomic E-state index is -0.770. The first-order valence-electron chi connectivity index (χ1n) is 32.7. The van der Waals surface area contributed by atoms with Crippen LogP contribution in [0.1, 0.15) is 374 Å². The molecule has 0 heterocycles. The van der Waals surface area contributed by atoms with Gasteiger partial charge in [-0.3, -0.25) is 14.4 Å². The molecule has 6 nitrogen and oxygen atoms in total. The SMILES string of the molecule is CCCCCCCCC/C=C\CCCCCCCC(=O)OC(COC(=O)CCCCCCCCCCCCCCCC)COC(=O)CCCCCCCCCCCCCCCCCCCCCCCCCC. The Morgan fingerprint density at radius 3 is 0.694 bits per heavy atom. The average Bonchev–Trinajstić information content (AvgIpc) is 3.38. The minimum Gasteiger partial charge on any atom is -0.462 e. The highest BCUT2D eigenvalue weighted by Gasteiger charge is 2.19. The fourth-order valence-corrected chi connectivity index (χ4v) is 10.1. The predicted octanol–water partition coefficient (Wildman–Crippen LogP) is 22.1. The van der Waals surface area contributed by atoms with Crippen molar-refractivity contribution < 1.29 is 28.6 Å². The van der Waals surface area contributed by atoms with Crippen molar-refractivity contribution in [2.75, 3.05) is 13.2 Å². The highest BCUT2D eigenvalue weighted by molar-refractivity contribution is 5.71. The summed E-state index contributed by atoms with van der Waals surface area (Å²) in [6.07, 6.45) is 72.2. The first-order chi connectivity index (χ1) is 35.5. The highest BCUT2D eigenvalue weighted by atomic mass is 16.6. The van der Waals surface area contributed by atoms with Gasteiger partial charge in [0.15, 0.2) is 6.10 Å². The van der Waals surface area contributed by atoms with Gasteiger partial charge in [0.05, 0.1) is 0 Å². The van der Waals surface area contributed by atoms with Crippen molar-refractivity contribution >= 4 is 17.9 Å². The molecule has 0 aliphatic carbocycles. The summed E-state index contributed by atoms with van der Waals surface area (Å²) in [5.41, 5.74) is 0. The van der Waals surface area contributed by atoms with Crippen LogP contribution in [0.4, 0.5) is 0 Å². The number of carbonyl (C=O) groups is 3. The van der Waals surface area contributed by atoms with Crippen molar-refractivity contribution in [1.29, 1.82) is 0 Å². The molecule has 0 aromatic rings. The van der Waals surface area contributed by atoms with Crippen LogP contribution < -0.4 is 0 Å². The summed E-state index contributed by atoms with van der Waals surface area (Å²) in [4.78, 5) is 38.3. The minimum absolute atomic E-state index is 0.0669. The Morgan fingerprint density at radius 1 is 0.264 bits per heavy atom. The Morgan fingerprint density at radius 2 is 0.458 bits per heavy atom. The van der Waals surface area contributed by atoms with Crippen molar-refractivity contribution in [3.8, 4) is 0 Å². The quantitative estimate of drug-likeness (QED) is 0.0261. The van der Waals surface area contributed by atoms with Gasteiger partial charge in [-0.25, -0.2) is 0 Å². The van der Waals surface area contributed by atoms with Crippen LogP contribution in [-0.2, 0) is 28.6 Å². The third-order valence-electron chi connectivity index (χ3n) is 15.0. The Kier molecular flexibility index (Phi) is 60.1. The second kappa shape index (κ2) is 61.7. The van der Waals surface area contributed by atoms with E-state index in [0.717, 1.165) is 64.2 Å². The maximum Gasteiger partial charge on any atom is 0.306 e. The molecule has 0 aliphatic rings. The first-order valence-corrected chi connectivity index (χ1v) is 32.7. The number of carbonyl (C=O) groups excluding carboxylic acids is 3. The van der Waals surface area contributed by atoms with E-state index in [-0.39, 0.29) is 31.1 Å². The molecule has 0 saturated heterocycles. The zero-order valence-corrected chi connectivity index (χ0v) is 49.0. The molecule has 0 aromatic heterocycles. The van der Waals surface area contributed by atoms with Crippen LogP contribution in [0.5, 0.6) is 0 Å². The number of rotatable bonds is 61. The van der Waals surface area contributed by atoms with Crippen LogP contribution in [0, 0.1) is 0 Å². The highest BCUT2D eigenvalue weighted by Crippen LogP contribution is 2.18. The lowest BCUT2D eigenvalue weighted by Gasteiger charge is -2.18. The van der Waals surface area contributed by atoms with Gasteiger partial charge in [0.25, 0.3) is 0 Å². The van der Waals surface area contributed by atoms with Crippen molar-refractivity contribution in [3.63, 3.8) is 0 Å². The monoisotopic (exact) mass is 1010 g/mol. The van der Waals surface area contributed by atoms with E-state index in [9.17, 15) is 14.4 Å². The zero-order chi connectivity index (χ0) is 52.2.